The standard InChI is InChI=1S/C12H11Si.C9H13.C4H9NO.2ClH.Hf/c1-3-7-11(8-4-1)13-12-9-5-2-6-10-12;1-6-5-7(2)9(4)8(6)3;1-2-3-4(5)6;;;/h1-10,13H;6H,1-4H3;2-3H2,1H3,(H2,5,6);2*1H;/q;-1;;;;+4/p-3. The molecule has 0 saturated heterocycles. The van der Waals surface area contributed by atoms with E-state index in [2.05, 4.69) is 94.4 Å². The normalized spacial score (nSPS) is 13.6. The molecule has 1 radical (unpaired) electrons. The first-order valence-corrected chi connectivity index (χ1v) is 11.0. The molecule has 1 amide bonds. The molecule has 0 bridgehead atoms. The Hall–Kier alpha value is -0.943. The molecule has 0 saturated carbocycles. The summed E-state index contributed by atoms with van der Waals surface area (Å²) in [5, 5.41) is 2.90. The number of carbonyl (C=O) groups excluding carboxylic acids is 1. The minimum atomic E-state index is -0.461. The van der Waals surface area contributed by atoms with Crippen LogP contribution in [0.25, 0.3) is 5.73 Å². The van der Waals surface area contributed by atoms with Crippen LogP contribution in [0.1, 0.15) is 47.5 Å². The zero-order valence-corrected chi connectivity index (χ0v) is 25.3. The van der Waals surface area contributed by atoms with Gasteiger partial charge in [-0.15, -0.1) is 6.92 Å². The number of rotatable bonds is 4. The molecule has 165 valence electrons. The van der Waals surface area contributed by atoms with Crippen molar-refractivity contribution >= 4 is 25.8 Å². The second kappa shape index (κ2) is 19.7. The molecule has 0 heterocycles. The van der Waals surface area contributed by atoms with Gasteiger partial charge in [0.05, 0.1) is 0 Å². The van der Waals surface area contributed by atoms with Crippen LogP contribution in [0.2, 0.25) is 0 Å². The molecule has 0 aliphatic heterocycles. The molecule has 6 heteroatoms. The smallest absolute Gasteiger partial charge is 1.00 e. The van der Waals surface area contributed by atoms with E-state index in [0.717, 1.165) is 6.42 Å². The third-order valence-corrected chi connectivity index (χ3v) is 6.08. The summed E-state index contributed by atoms with van der Waals surface area (Å²) in [5.41, 5.74) is 10.6. The number of amides is 1. The van der Waals surface area contributed by atoms with Crippen molar-refractivity contribution in [3.63, 3.8) is 0 Å². The Balaban J connectivity index is -0.000000388. The van der Waals surface area contributed by atoms with Crippen molar-refractivity contribution in [2.45, 2.75) is 47.5 Å². The zero-order valence-electron chi connectivity index (χ0n) is 19.0. The monoisotopic (exact) mass is 640 g/mol. The Morgan fingerprint density at radius 1 is 0.935 bits per heavy atom. The minimum absolute atomic E-state index is 0. The van der Waals surface area contributed by atoms with Gasteiger partial charge in [-0.2, -0.15) is 11.1 Å². The van der Waals surface area contributed by atoms with Crippen molar-refractivity contribution in [3.05, 3.63) is 89.2 Å². The van der Waals surface area contributed by atoms with Crippen LogP contribution in [0.3, 0.4) is 0 Å². The summed E-state index contributed by atoms with van der Waals surface area (Å²) >= 11 is 0. The molecule has 1 aliphatic rings. The molecule has 1 aliphatic carbocycles. The van der Waals surface area contributed by atoms with Gasteiger partial charge in [-0.25, -0.2) is 5.57 Å². The topological polar surface area (TPSA) is 40.9 Å². The number of hydrogen-bond donors (Lipinski definition) is 0. The van der Waals surface area contributed by atoms with Crippen molar-refractivity contribution in [1.82, 2.24) is 0 Å². The summed E-state index contributed by atoms with van der Waals surface area (Å²) in [4.78, 5) is 9.71. The van der Waals surface area contributed by atoms with Gasteiger partial charge in [0, 0.05) is 5.91 Å². The van der Waals surface area contributed by atoms with E-state index >= 15 is 0 Å². The molecule has 2 nitrogen and oxygen atoms in total. The molecule has 31 heavy (non-hydrogen) atoms. The van der Waals surface area contributed by atoms with Crippen LogP contribution >= 0.6 is 0 Å². The zero-order chi connectivity index (χ0) is 20.9. The third-order valence-electron chi connectivity index (χ3n) is 4.65. The van der Waals surface area contributed by atoms with Crippen molar-refractivity contribution in [2.24, 2.45) is 5.92 Å². The predicted molar refractivity (Wildman–Crippen MR) is 124 cm³/mol. The van der Waals surface area contributed by atoms with Gasteiger partial charge in [0.25, 0.3) is 0 Å². The van der Waals surface area contributed by atoms with Crippen LogP contribution in [-0.4, -0.2) is 15.4 Å². The molecule has 0 aromatic heterocycles. The maximum absolute atomic E-state index is 9.71. The summed E-state index contributed by atoms with van der Waals surface area (Å²) in [6.07, 6.45) is 4.56. The van der Waals surface area contributed by atoms with E-state index < -0.39 is 5.91 Å². The quantitative estimate of drug-likeness (QED) is 0.318. The molecular weight excluding hydrogens is 608 g/mol. The molecule has 1 N–H and O–H groups in total. The molecule has 1 unspecified atom stereocenters. The van der Waals surface area contributed by atoms with Crippen molar-refractivity contribution in [1.29, 1.82) is 0 Å². The number of nitrogens with one attached hydrogen (secondary N) is 1. The Kier molecular flexibility index (Phi) is 22.1. The van der Waals surface area contributed by atoms with E-state index in [1.165, 1.54) is 27.1 Å². The fourth-order valence-electron chi connectivity index (χ4n) is 2.68. The molecule has 1 atom stereocenters. The number of carbonyl (C=O) groups is 1. The van der Waals surface area contributed by atoms with Gasteiger partial charge < -0.3 is 35.3 Å². The Morgan fingerprint density at radius 2 is 1.35 bits per heavy atom. The largest absolute Gasteiger partial charge is 4.00 e. The van der Waals surface area contributed by atoms with Gasteiger partial charge in [-0.1, -0.05) is 111 Å². The van der Waals surface area contributed by atoms with Crippen molar-refractivity contribution in [3.8, 4) is 0 Å². The van der Waals surface area contributed by atoms with Gasteiger partial charge >= 0.3 is 25.8 Å². The first-order chi connectivity index (χ1) is 13.3. The predicted octanol–water partition coefficient (Wildman–Crippen LogP) is -0.833. The van der Waals surface area contributed by atoms with Crippen LogP contribution in [0.15, 0.2) is 77.4 Å². The second-order valence-electron chi connectivity index (χ2n) is 6.94. The minimum Gasteiger partial charge on any atom is -1.00 e. The first kappa shape index (κ1) is 34.7. The maximum atomic E-state index is 9.71. The van der Waals surface area contributed by atoms with E-state index in [0.29, 0.717) is 12.3 Å². The van der Waals surface area contributed by atoms with Crippen LogP contribution in [0.5, 0.6) is 0 Å². The molecule has 0 fully saturated rings. The summed E-state index contributed by atoms with van der Waals surface area (Å²) in [7, 11) is 0.271. The summed E-state index contributed by atoms with van der Waals surface area (Å²) in [5.74, 6) is 0.0995. The van der Waals surface area contributed by atoms with E-state index in [-0.39, 0.29) is 60.2 Å². The summed E-state index contributed by atoms with van der Waals surface area (Å²) < 4.78 is 0. The van der Waals surface area contributed by atoms with Gasteiger partial charge in [0.1, 0.15) is 9.52 Å². The van der Waals surface area contributed by atoms with Gasteiger partial charge in [0.15, 0.2) is 0 Å². The Bertz CT molecular complexity index is 758. The number of halogens is 2. The number of allylic oxidation sites excluding steroid dienone is 4. The van der Waals surface area contributed by atoms with E-state index in [9.17, 15) is 4.79 Å². The Labute approximate surface area is 222 Å². The van der Waals surface area contributed by atoms with Crippen LogP contribution in [-0.2, 0) is 30.6 Å². The van der Waals surface area contributed by atoms with Crippen molar-refractivity contribution < 1.29 is 55.5 Å². The SMILES string of the molecule is CC1=[C-]C(C)C(C)=C1C.CCCC([NH-])=O.[Cl-].[Cl-].[Hf+4].c1ccc([SiH]c2ccccc2)cc1. The molecular formula is C25H32Cl2HfNOSi. The fourth-order valence-corrected chi connectivity index (χ4v) is 3.89. The third kappa shape index (κ3) is 14.7. The van der Waals surface area contributed by atoms with Crippen LogP contribution in [0.4, 0.5) is 0 Å². The van der Waals surface area contributed by atoms with E-state index in [4.69, 9.17) is 5.73 Å². The fraction of sp³-hybridized carbons (Fsp3) is 0.320. The van der Waals surface area contributed by atoms with Gasteiger partial charge in [0.2, 0.25) is 0 Å². The van der Waals surface area contributed by atoms with Crippen LogP contribution in [0, 0.1) is 12.0 Å². The molecule has 2 aromatic carbocycles. The molecule has 3 rings (SSSR count). The van der Waals surface area contributed by atoms with Crippen LogP contribution < -0.4 is 35.2 Å². The number of hydrogen-bond acceptors (Lipinski definition) is 1. The Morgan fingerprint density at radius 3 is 1.55 bits per heavy atom. The molecule has 0 spiro atoms. The second-order valence-corrected chi connectivity index (χ2v) is 8.56. The summed E-state index contributed by atoms with van der Waals surface area (Å²) in [6, 6.07) is 21.3. The average Bonchev–Trinajstić information content (AvgIpc) is 2.90. The average molecular weight is 640 g/mol. The van der Waals surface area contributed by atoms with Gasteiger partial charge in [-0.3, -0.25) is 6.08 Å². The van der Waals surface area contributed by atoms with E-state index in [1.807, 2.05) is 6.92 Å². The maximum Gasteiger partial charge on any atom is 4.00 e. The van der Waals surface area contributed by atoms with E-state index in [1.54, 1.807) is 0 Å². The van der Waals surface area contributed by atoms with Gasteiger partial charge in [-0.05, 0) is 6.42 Å². The summed E-state index contributed by atoms with van der Waals surface area (Å²) in [6.45, 7) is 10.6. The molecule has 2 aromatic rings. The van der Waals surface area contributed by atoms with Crippen molar-refractivity contribution in [2.75, 3.05) is 0 Å². The first-order valence-electron chi connectivity index (χ1n) is 9.82. The number of benzene rings is 2.